The van der Waals surface area contributed by atoms with E-state index in [2.05, 4.69) is 4.98 Å². The number of benzene rings is 4. The van der Waals surface area contributed by atoms with Crippen LogP contribution in [0.2, 0.25) is 0 Å². The zero-order valence-electron chi connectivity index (χ0n) is 19.6. The molecule has 0 saturated heterocycles. The van der Waals surface area contributed by atoms with Gasteiger partial charge in [-0.15, -0.1) is 0 Å². The van der Waals surface area contributed by atoms with Crippen LogP contribution in [0.4, 0.5) is 13.2 Å². The molecule has 0 fully saturated rings. The molecule has 0 spiro atoms. The molecule has 186 valence electrons. The predicted molar refractivity (Wildman–Crippen MR) is 141 cm³/mol. The highest BCUT2D eigenvalue weighted by molar-refractivity contribution is 7.78. The van der Waals surface area contributed by atoms with Gasteiger partial charge in [0.05, 0.1) is 16.8 Å². The summed E-state index contributed by atoms with van der Waals surface area (Å²) >= 11 is -2.14. The fourth-order valence-electron chi connectivity index (χ4n) is 4.64. The summed E-state index contributed by atoms with van der Waals surface area (Å²) in [5, 5.41) is 0.346. The second-order valence-corrected chi connectivity index (χ2v) is 9.66. The highest BCUT2D eigenvalue weighted by Gasteiger charge is 2.34. The van der Waals surface area contributed by atoms with E-state index in [1.165, 1.54) is 12.3 Å². The zero-order chi connectivity index (χ0) is 26.0. The van der Waals surface area contributed by atoms with E-state index in [0.717, 1.165) is 28.3 Å². The second-order valence-electron chi connectivity index (χ2n) is 8.72. The first-order chi connectivity index (χ1) is 17.8. The summed E-state index contributed by atoms with van der Waals surface area (Å²) in [6.45, 7) is 0. The van der Waals surface area contributed by atoms with Gasteiger partial charge in [0, 0.05) is 11.6 Å². The van der Waals surface area contributed by atoms with Gasteiger partial charge >= 0.3 is 6.18 Å². The first-order valence-corrected chi connectivity index (χ1v) is 12.9. The number of aromatic nitrogens is 1. The van der Waals surface area contributed by atoms with Gasteiger partial charge in [0.1, 0.15) is 0 Å². The lowest BCUT2D eigenvalue weighted by atomic mass is 9.88. The van der Waals surface area contributed by atoms with Crippen molar-refractivity contribution in [2.24, 2.45) is 0 Å². The molecule has 1 aromatic heterocycles. The van der Waals surface area contributed by atoms with E-state index in [1.54, 1.807) is 12.1 Å². The number of hydrogen-bond donors (Lipinski definition) is 1. The predicted octanol–water partition coefficient (Wildman–Crippen LogP) is 7.90. The number of para-hydroxylation sites is 1. The van der Waals surface area contributed by atoms with Crippen LogP contribution in [-0.2, 0) is 29.4 Å². The summed E-state index contributed by atoms with van der Waals surface area (Å²) in [7, 11) is 0. The van der Waals surface area contributed by atoms with Gasteiger partial charge in [-0.2, -0.15) is 13.2 Å². The standard InChI is InChI=1S/C30H22F3NO2S/c31-30(32,33)27-13-7-12-25-28(24(18-34-29(25)27)16-20-8-3-1-4-9-20)26-17-22(21-10-5-2-6-11-21)14-15-23(26)19-37(35)36/h1-15,17-18H,16,19H2,(H,35,36). The Morgan fingerprint density at radius 1 is 0.784 bits per heavy atom. The van der Waals surface area contributed by atoms with Gasteiger partial charge in [0.15, 0.2) is 11.1 Å². The van der Waals surface area contributed by atoms with Crippen molar-refractivity contribution in [1.82, 2.24) is 4.98 Å². The summed E-state index contributed by atoms with van der Waals surface area (Å²) < 4.78 is 63.4. The largest absolute Gasteiger partial charge is 0.418 e. The van der Waals surface area contributed by atoms with Crippen molar-refractivity contribution in [3.63, 3.8) is 0 Å². The van der Waals surface area contributed by atoms with Gasteiger partial charge < -0.3 is 4.55 Å². The molecule has 0 aliphatic carbocycles. The Morgan fingerprint density at radius 3 is 2.16 bits per heavy atom. The van der Waals surface area contributed by atoms with Crippen molar-refractivity contribution in [1.29, 1.82) is 0 Å². The summed E-state index contributed by atoms with van der Waals surface area (Å²) in [5.74, 6) is -0.155. The molecule has 0 amide bonds. The van der Waals surface area contributed by atoms with E-state index >= 15 is 0 Å². The number of rotatable bonds is 6. The molecule has 4 aromatic carbocycles. The molecule has 7 heteroatoms. The fourth-order valence-corrected chi connectivity index (χ4v) is 5.16. The summed E-state index contributed by atoms with van der Waals surface area (Å²) in [4.78, 5) is 4.27. The lowest BCUT2D eigenvalue weighted by molar-refractivity contribution is -0.136. The molecule has 1 N–H and O–H groups in total. The topological polar surface area (TPSA) is 50.2 Å². The highest BCUT2D eigenvalue weighted by atomic mass is 32.2. The van der Waals surface area contributed by atoms with E-state index < -0.39 is 22.8 Å². The number of nitrogens with zero attached hydrogens (tertiary/aromatic N) is 1. The Bertz CT molecular complexity index is 1590. The maximum absolute atomic E-state index is 13.9. The third-order valence-corrected chi connectivity index (χ3v) is 6.84. The zero-order valence-corrected chi connectivity index (χ0v) is 20.4. The molecular weight excluding hydrogens is 495 g/mol. The molecule has 1 unspecified atom stereocenters. The van der Waals surface area contributed by atoms with Crippen LogP contribution in [0, 0.1) is 0 Å². The Hall–Kier alpha value is -3.81. The molecule has 3 nitrogen and oxygen atoms in total. The van der Waals surface area contributed by atoms with Gasteiger partial charge in [-0.05, 0) is 57.5 Å². The van der Waals surface area contributed by atoms with Crippen molar-refractivity contribution in [2.75, 3.05) is 0 Å². The molecule has 5 rings (SSSR count). The molecular formula is C30H22F3NO2S. The van der Waals surface area contributed by atoms with Crippen molar-refractivity contribution in [2.45, 2.75) is 18.3 Å². The lowest BCUT2D eigenvalue weighted by Crippen LogP contribution is -2.08. The molecule has 5 aromatic rings. The van der Waals surface area contributed by atoms with Gasteiger partial charge in [-0.1, -0.05) is 84.9 Å². The van der Waals surface area contributed by atoms with Gasteiger partial charge in [0.2, 0.25) is 0 Å². The minimum Gasteiger partial charge on any atom is -0.306 e. The molecule has 1 atom stereocenters. The first-order valence-electron chi connectivity index (χ1n) is 11.6. The van der Waals surface area contributed by atoms with Crippen LogP contribution in [0.3, 0.4) is 0 Å². The SMILES string of the molecule is O=S(O)Cc1ccc(-c2ccccc2)cc1-c1c(Cc2ccccc2)cnc2c(C(F)(F)F)cccc12. The average Bonchev–Trinajstić information content (AvgIpc) is 2.89. The monoisotopic (exact) mass is 517 g/mol. The number of hydrogen-bond acceptors (Lipinski definition) is 2. The smallest absolute Gasteiger partial charge is 0.306 e. The van der Waals surface area contributed by atoms with Crippen molar-refractivity contribution in [3.05, 3.63) is 126 Å². The lowest BCUT2D eigenvalue weighted by Gasteiger charge is -2.19. The van der Waals surface area contributed by atoms with Crippen LogP contribution in [0.25, 0.3) is 33.2 Å². The molecule has 0 aliphatic rings. The number of fused-ring (bicyclic) bond motifs is 1. The molecule has 0 radical (unpaired) electrons. The Kier molecular flexibility index (Phi) is 6.91. The van der Waals surface area contributed by atoms with Crippen molar-refractivity contribution < 1.29 is 21.9 Å². The van der Waals surface area contributed by atoms with Gasteiger partial charge in [0.25, 0.3) is 0 Å². The van der Waals surface area contributed by atoms with Crippen LogP contribution in [0.1, 0.15) is 22.3 Å². The van der Waals surface area contributed by atoms with E-state index in [0.29, 0.717) is 28.5 Å². The second kappa shape index (κ2) is 10.3. The Labute approximate surface area is 214 Å². The minimum atomic E-state index is -4.58. The maximum atomic E-state index is 13.9. The molecule has 1 heterocycles. The van der Waals surface area contributed by atoms with E-state index in [4.69, 9.17) is 0 Å². The number of alkyl halides is 3. The van der Waals surface area contributed by atoms with Crippen molar-refractivity contribution in [3.8, 4) is 22.3 Å². The van der Waals surface area contributed by atoms with Crippen LogP contribution in [-0.4, -0.2) is 13.7 Å². The van der Waals surface area contributed by atoms with Crippen molar-refractivity contribution >= 4 is 22.0 Å². The molecule has 0 saturated carbocycles. The van der Waals surface area contributed by atoms with Crippen LogP contribution >= 0.6 is 0 Å². The minimum absolute atomic E-state index is 0.150. The van der Waals surface area contributed by atoms with Crippen LogP contribution < -0.4 is 0 Å². The quantitative estimate of drug-likeness (QED) is 0.233. The Morgan fingerprint density at radius 2 is 1.49 bits per heavy atom. The molecule has 0 aliphatic heterocycles. The summed E-state index contributed by atoms with van der Waals surface area (Å²) in [6.07, 6.45) is -2.65. The van der Waals surface area contributed by atoms with Crippen LogP contribution in [0.15, 0.2) is 103 Å². The number of halogens is 3. The fraction of sp³-hybridized carbons (Fsp3) is 0.100. The molecule has 37 heavy (non-hydrogen) atoms. The van der Waals surface area contributed by atoms with E-state index in [-0.39, 0.29) is 11.3 Å². The normalized spacial score (nSPS) is 12.5. The summed E-state index contributed by atoms with van der Waals surface area (Å²) in [6, 6.07) is 28.8. The molecule has 0 bridgehead atoms. The van der Waals surface area contributed by atoms with E-state index in [9.17, 15) is 21.9 Å². The van der Waals surface area contributed by atoms with Gasteiger partial charge in [-0.3, -0.25) is 4.98 Å². The summed E-state index contributed by atoms with van der Waals surface area (Å²) in [5.41, 5.74) is 4.29. The highest BCUT2D eigenvalue weighted by Crippen LogP contribution is 2.41. The average molecular weight is 518 g/mol. The van der Waals surface area contributed by atoms with Crippen LogP contribution in [0.5, 0.6) is 0 Å². The third-order valence-electron chi connectivity index (χ3n) is 6.28. The maximum Gasteiger partial charge on any atom is 0.418 e. The van der Waals surface area contributed by atoms with Gasteiger partial charge in [-0.25, -0.2) is 4.21 Å². The van der Waals surface area contributed by atoms with E-state index in [1.807, 2.05) is 72.8 Å². The number of pyridine rings is 1. The third kappa shape index (κ3) is 5.33. The first kappa shape index (κ1) is 24.9. The Balaban J connectivity index is 1.83.